The molecule has 4 aliphatic rings. The number of rotatable bonds is 28. The Morgan fingerprint density at radius 2 is 0.844 bits per heavy atom. The van der Waals surface area contributed by atoms with Crippen LogP contribution in [0.3, 0.4) is 0 Å². The van der Waals surface area contributed by atoms with E-state index in [1.165, 1.54) is 0 Å². The van der Waals surface area contributed by atoms with Crippen LogP contribution < -0.4 is 9.80 Å². The Hall–Kier alpha value is -6.69. The molecule has 0 saturated carbocycles. The molecule has 4 saturated heterocycles. The predicted molar refractivity (Wildman–Crippen MR) is 455 cm³/mol. The monoisotopic (exact) mass is 1620 g/mol. The minimum absolute atomic E-state index is 0.0886. The number of carbonyl (C=O) groups excluding carboxylic acids is 2. The van der Waals surface area contributed by atoms with Crippen molar-refractivity contribution < 1.29 is 38.0 Å². The van der Waals surface area contributed by atoms with Gasteiger partial charge in [-0.15, -0.1) is 0 Å². The largest absolute Gasteiger partial charge is 0.444 e. The van der Waals surface area contributed by atoms with Gasteiger partial charge in [-0.1, -0.05) is 151 Å². The van der Waals surface area contributed by atoms with Crippen LogP contribution in [0.2, 0.25) is 103 Å². The number of piperidine rings is 4. The second-order valence-corrected chi connectivity index (χ2v) is 60.7. The molecule has 4 atom stereocenters. The van der Waals surface area contributed by atoms with E-state index in [1.807, 2.05) is 122 Å². The highest BCUT2D eigenvalue weighted by atomic mass is 79.9. The first-order valence-corrected chi connectivity index (χ1v) is 55.5. The maximum Gasteiger partial charge on any atom is 0.410 e. The second-order valence-electron chi connectivity index (χ2n) is 37.4. The van der Waals surface area contributed by atoms with E-state index in [4.69, 9.17) is 58.6 Å². The molecule has 4 unspecified atom stereocenters. The van der Waals surface area contributed by atoms with Gasteiger partial charge in [0.2, 0.25) is 0 Å². The molecule has 4 bridgehead atoms. The molecule has 109 heavy (non-hydrogen) atoms. The first-order valence-electron chi connectivity index (χ1n) is 39.8. The summed E-state index contributed by atoms with van der Waals surface area (Å²) < 4.78 is 42.3. The fourth-order valence-electron chi connectivity index (χ4n) is 15.0. The van der Waals surface area contributed by atoms with Crippen molar-refractivity contribution in [1.29, 1.82) is 0 Å². The first-order chi connectivity index (χ1) is 51.5. The summed E-state index contributed by atoms with van der Waals surface area (Å²) in [6.07, 6.45) is 16.7. The van der Waals surface area contributed by atoms with Gasteiger partial charge in [0.1, 0.15) is 43.9 Å². The Morgan fingerprint density at radius 3 is 1.22 bits per heavy atom. The number of halogens is 1. The zero-order chi connectivity index (χ0) is 78.2. The number of ether oxygens (including phenoxy) is 6. The first kappa shape index (κ1) is 83.2. The van der Waals surface area contributed by atoms with Crippen LogP contribution >= 0.6 is 15.9 Å². The summed E-state index contributed by atoms with van der Waals surface area (Å²) in [4.78, 5) is 56.0. The van der Waals surface area contributed by atoms with E-state index in [0.717, 1.165) is 172 Å². The summed E-state index contributed by atoms with van der Waals surface area (Å²) in [6, 6.07) is 35.7. The third-order valence-corrected chi connectivity index (χ3v) is 28.5. The van der Waals surface area contributed by atoms with Gasteiger partial charge in [-0.05, 0) is 158 Å². The minimum Gasteiger partial charge on any atom is -0.444 e. The lowest BCUT2D eigenvalue weighted by Crippen LogP contribution is -2.55. The van der Waals surface area contributed by atoms with Crippen LogP contribution in [0, 0.1) is 0 Å². The van der Waals surface area contributed by atoms with Crippen molar-refractivity contribution in [3.05, 3.63) is 132 Å². The minimum atomic E-state index is -1.30. The molecule has 8 aromatic rings. The number of anilines is 2. The van der Waals surface area contributed by atoms with Crippen LogP contribution in [-0.4, -0.2) is 182 Å². The topological polar surface area (TPSA) is 189 Å². The molecule has 2 aromatic carbocycles. The Morgan fingerprint density at radius 1 is 0.468 bits per heavy atom. The lowest BCUT2D eigenvalue weighted by Gasteiger charge is -2.48. The van der Waals surface area contributed by atoms with E-state index in [2.05, 4.69) is 159 Å². The summed E-state index contributed by atoms with van der Waals surface area (Å²) in [7, 11) is -5.14. The van der Waals surface area contributed by atoms with Crippen LogP contribution in [0.1, 0.15) is 129 Å². The third kappa shape index (κ3) is 22.8. The molecule has 25 heteroatoms. The summed E-state index contributed by atoms with van der Waals surface area (Å²) in [5.74, 6) is 2.05. The van der Waals surface area contributed by atoms with Gasteiger partial charge in [-0.25, -0.2) is 19.6 Å². The van der Waals surface area contributed by atoms with Gasteiger partial charge in [0, 0.05) is 152 Å². The van der Waals surface area contributed by atoms with E-state index < -0.39 is 43.5 Å². The van der Waals surface area contributed by atoms with E-state index in [-0.39, 0.29) is 48.2 Å². The van der Waals surface area contributed by atoms with Crippen molar-refractivity contribution in [1.82, 2.24) is 49.0 Å². The van der Waals surface area contributed by atoms with Crippen LogP contribution in [0.15, 0.2) is 120 Å². The van der Waals surface area contributed by atoms with Crippen molar-refractivity contribution >= 4 is 83.3 Å². The molecule has 0 aliphatic carbocycles. The summed E-state index contributed by atoms with van der Waals surface area (Å²) in [6.45, 7) is 44.4. The number of benzene rings is 2. The van der Waals surface area contributed by atoms with Gasteiger partial charge in [0.25, 0.3) is 0 Å². The molecule has 0 spiro atoms. The Bertz CT molecular complexity index is 4230. The number of carbonyl (C=O) groups is 2. The molecule has 6 aromatic heterocycles. The molecule has 0 radical (unpaired) electrons. The zero-order valence-corrected chi connectivity index (χ0v) is 74.1. The van der Waals surface area contributed by atoms with Gasteiger partial charge < -0.3 is 48.0 Å². The van der Waals surface area contributed by atoms with Crippen molar-refractivity contribution in [2.75, 3.05) is 63.2 Å². The lowest BCUT2D eigenvalue weighted by molar-refractivity contribution is -0.0228. The van der Waals surface area contributed by atoms with E-state index >= 15 is 0 Å². The fourth-order valence-corrected chi connectivity index (χ4v) is 18.8. The standard InChI is InChI=1S/C42H61BrN6O4Si2.C42H62N6O4Si2/c1-42(2,3)53-41(50)48-33-16-13-17-34(48)25-32(24-33)38-37(43)40(47(28-51-20-22-54(4,5)6)29-52-21-23-55(7,8)9)49-39(46-38)35(27-45-49)31-18-19-36(44-26-31)30-14-11-10-12-15-30;1-42(2,3)52-41(49)47-34-16-13-17-35(47)25-33(24-34)38-26-39(46(29-50-20-22-53(4,5)6)30-51-21-23-54(7,8)9)48-40(45-38)36(28-44-48)32-18-19-37(43-27-32)31-14-11-10-12-15-31/h10-12,14-15,18-19,26-27,32-34H,13,16-17,20-25,28-29H2,1-9H3;10-12,14-15,18-19,26-28,33-35H,13,16-17,20-25,29-30H2,1-9H3. The number of fused-ring (bicyclic) bond motifs is 6. The van der Waals surface area contributed by atoms with Crippen molar-refractivity contribution in [2.45, 2.75) is 256 Å². The molecule has 10 heterocycles. The molecule has 4 fully saturated rings. The highest BCUT2D eigenvalue weighted by Gasteiger charge is 2.46. The molecule has 4 aliphatic heterocycles. The predicted octanol–water partition coefficient (Wildman–Crippen LogP) is 20.6. The van der Waals surface area contributed by atoms with Gasteiger partial charge in [-0.2, -0.15) is 19.2 Å². The van der Waals surface area contributed by atoms with Gasteiger partial charge in [-0.3, -0.25) is 9.97 Å². The smallest absolute Gasteiger partial charge is 0.410 e. The number of pyridine rings is 2. The second kappa shape index (κ2) is 35.6. The Kier molecular flexibility index (Phi) is 27.2. The fraction of sp³-hybridized carbons (Fsp3) is 0.571. The molecule has 2 amide bonds. The van der Waals surface area contributed by atoms with Crippen LogP contribution in [0.25, 0.3) is 56.1 Å². The number of aromatic nitrogens is 8. The van der Waals surface area contributed by atoms with E-state index in [0.29, 0.717) is 53.4 Å². The van der Waals surface area contributed by atoms with Crippen LogP contribution in [-0.2, 0) is 28.4 Å². The van der Waals surface area contributed by atoms with Crippen LogP contribution in [0.5, 0.6) is 0 Å². The maximum atomic E-state index is 13.5. The molecule has 0 N–H and O–H groups in total. The molecule has 12 rings (SSSR count). The summed E-state index contributed by atoms with van der Waals surface area (Å²) in [5.41, 5.74) is 10.2. The number of hydrogen-bond donors (Lipinski definition) is 0. The molecular formula is C84H123BrN12O8Si4. The normalized spacial score (nSPS) is 19.2. The molecular weight excluding hydrogens is 1500 g/mol. The SMILES string of the molecule is CC(C)(C)OC(=O)N1C2CCCC1CC(c1cc(N(COCC[Si](C)(C)C)COCC[Si](C)(C)C)n3ncc(-c4ccc(-c5ccccc5)nc4)c3n1)C2.CC(C)(C)OC(=O)N1C2CCCC1CC(c1nc3c(-c4ccc(-c5ccccc5)nc4)cnn3c(N(COCC[Si](C)(C)C)COCC[Si](C)(C)C)c1Br)C2. The van der Waals surface area contributed by atoms with Gasteiger partial charge >= 0.3 is 12.2 Å². The maximum absolute atomic E-state index is 13.5. The quantitative estimate of drug-likeness (QED) is 0.0256. The zero-order valence-electron chi connectivity index (χ0n) is 68.5. The average Bonchev–Trinajstić information content (AvgIpc) is 1.71. The summed E-state index contributed by atoms with van der Waals surface area (Å²) in [5, 5.41) is 9.96. The van der Waals surface area contributed by atoms with Crippen molar-refractivity contribution in [3.8, 4) is 44.8 Å². The van der Waals surface area contributed by atoms with Gasteiger partial charge in [0.15, 0.2) is 17.1 Å². The molecule has 20 nitrogen and oxygen atoms in total. The third-order valence-electron chi connectivity index (χ3n) is 20.9. The van der Waals surface area contributed by atoms with E-state index in [9.17, 15) is 9.59 Å². The highest BCUT2D eigenvalue weighted by molar-refractivity contribution is 9.10. The van der Waals surface area contributed by atoms with E-state index in [1.54, 1.807) is 0 Å². The summed E-state index contributed by atoms with van der Waals surface area (Å²) >= 11 is 4.10. The van der Waals surface area contributed by atoms with Gasteiger partial charge in [0.05, 0.1) is 33.9 Å². The number of hydrogen-bond acceptors (Lipinski definition) is 16. The number of amides is 2. The lowest BCUT2D eigenvalue weighted by atomic mass is 9.77. The Balaban J connectivity index is 0.000000217. The number of nitrogens with zero attached hydrogens (tertiary/aromatic N) is 12. The average molecular weight is 1620 g/mol. The highest BCUT2D eigenvalue weighted by Crippen LogP contribution is 2.48. The van der Waals surface area contributed by atoms with Crippen LogP contribution in [0.4, 0.5) is 21.2 Å². The van der Waals surface area contributed by atoms with Crippen molar-refractivity contribution in [3.63, 3.8) is 0 Å². The molecule has 590 valence electrons. The van der Waals surface area contributed by atoms with Crippen molar-refractivity contribution in [2.24, 2.45) is 0 Å². The Labute approximate surface area is 661 Å².